The van der Waals surface area contributed by atoms with Crippen molar-refractivity contribution in [1.29, 1.82) is 0 Å². The second-order valence-corrected chi connectivity index (χ2v) is 3.37. The lowest BCUT2D eigenvalue weighted by molar-refractivity contribution is 0.181. The molecule has 1 aromatic carbocycles. The minimum atomic E-state index is -0.256. The topological polar surface area (TPSA) is 20.2 Å². The molecule has 1 aromatic rings. The Hall–Kier alpha value is -0.890. The van der Waals surface area contributed by atoms with Gasteiger partial charge in [-0.2, -0.15) is 0 Å². The van der Waals surface area contributed by atoms with Crippen molar-refractivity contribution in [3.63, 3.8) is 0 Å². The van der Waals surface area contributed by atoms with Gasteiger partial charge in [0.05, 0.1) is 6.10 Å². The van der Waals surface area contributed by atoms with Crippen molar-refractivity contribution < 1.29 is 9.50 Å². The summed E-state index contributed by atoms with van der Waals surface area (Å²) in [7, 11) is 0. The lowest BCUT2D eigenvalue weighted by atomic mass is 10.1. The highest BCUT2D eigenvalue weighted by molar-refractivity contribution is 5.16. The fraction of sp³-hybridized carbons (Fsp3) is 0.455. The van der Waals surface area contributed by atoms with Crippen molar-refractivity contribution in [2.75, 3.05) is 0 Å². The van der Waals surface area contributed by atoms with Crippen molar-refractivity contribution in [2.45, 2.75) is 32.3 Å². The Labute approximate surface area is 78.2 Å². The van der Waals surface area contributed by atoms with Crippen LogP contribution in [-0.2, 0) is 6.42 Å². The van der Waals surface area contributed by atoms with E-state index in [0.29, 0.717) is 0 Å². The average molecular weight is 182 g/mol. The number of benzene rings is 1. The Balaban J connectivity index is 2.37. The maximum Gasteiger partial charge on any atom is 0.123 e. The molecule has 2 heteroatoms. The average Bonchev–Trinajstić information content (AvgIpc) is 2.03. The second kappa shape index (κ2) is 4.97. The van der Waals surface area contributed by atoms with Gasteiger partial charge < -0.3 is 5.11 Å². The van der Waals surface area contributed by atoms with E-state index in [1.807, 2.05) is 6.07 Å². The zero-order chi connectivity index (χ0) is 9.68. The van der Waals surface area contributed by atoms with Gasteiger partial charge in [0.25, 0.3) is 0 Å². The first-order chi connectivity index (χ1) is 6.18. The Kier molecular flexibility index (Phi) is 3.90. The summed E-state index contributed by atoms with van der Waals surface area (Å²) in [5.74, 6) is -0.186. The van der Waals surface area contributed by atoms with E-state index in [1.165, 1.54) is 6.07 Å². The first kappa shape index (κ1) is 10.2. The van der Waals surface area contributed by atoms with Gasteiger partial charge in [0, 0.05) is 0 Å². The van der Waals surface area contributed by atoms with E-state index in [9.17, 15) is 4.39 Å². The standard InChI is InChI=1S/C11H15FO/c1-9(13)4-2-5-10-6-3-7-11(12)8-10/h3,6-9,13H,2,4-5H2,1H3. The normalized spacial score (nSPS) is 12.8. The van der Waals surface area contributed by atoms with Crippen LogP contribution in [0.2, 0.25) is 0 Å². The molecule has 13 heavy (non-hydrogen) atoms. The van der Waals surface area contributed by atoms with Gasteiger partial charge in [-0.3, -0.25) is 0 Å². The van der Waals surface area contributed by atoms with Gasteiger partial charge in [-0.05, 0) is 43.9 Å². The van der Waals surface area contributed by atoms with Crippen LogP contribution >= 0.6 is 0 Å². The summed E-state index contributed by atoms with van der Waals surface area (Å²) in [6, 6.07) is 6.61. The Morgan fingerprint density at radius 1 is 1.46 bits per heavy atom. The van der Waals surface area contributed by atoms with E-state index in [1.54, 1.807) is 19.1 Å². The molecule has 72 valence electrons. The van der Waals surface area contributed by atoms with Crippen molar-refractivity contribution in [1.82, 2.24) is 0 Å². The summed E-state index contributed by atoms with van der Waals surface area (Å²) in [6.07, 6.45) is 2.26. The van der Waals surface area contributed by atoms with Crippen LogP contribution < -0.4 is 0 Å². The third-order valence-corrected chi connectivity index (χ3v) is 1.98. The Morgan fingerprint density at radius 2 is 2.23 bits per heavy atom. The van der Waals surface area contributed by atoms with Crippen molar-refractivity contribution in [3.05, 3.63) is 35.6 Å². The number of aliphatic hydroxyl groups is 1. The SMILES string of the molecule is CC(O)CCCc1cccc(F)c1. The Bertz CT molecular complexity index is 258. The van der Waals surface area contributed by atoms with E-state index in [0.717, 1.165) is 24.8 Å². The molecular weight excluding hydrogens is 167 g/mol. The van der Waals surface area contributed by atoms with Crippen LogP contribution in [0.1, 0.15) is 25.3 Å². The molecule has 0 amide bonds. The van der Waals surface area contributed by atoms with E-state index >= 15 is 0 Å². The molecule has 0 fully saturated rings. The highest BCUT2D eigenvalue weighted by Gasteiger charge is 1.98. The number of halogens is 1. The molecule has 0 aliphatic rings. The van der Waals surface area contributed by atoms with Crippen LogP contribution in [0.15, 0.2) is 24.3 Å². The molecule has 1 rings (SSSR count). The second-order valence-electron chi connectivity index (χ2n) is 3.37. The minimum Gasteiger partial charge on any atom is -0.393 e. The molecule has 1 N–H and O–H groups in total. The summed E-state index contributed by atoms with van der Waals surface area (Å²) >= 11 is 0. The van der Waals surface area contributed by atoms with Crippen molar-refractivity contribution in [3.8, 4) is 0 Å². The zero-order valence-electron chi connectivity index (χ0n) is 7.83. The molecule has 1 nitrogen and oxygen atoms in total. The van der Waals surface area contributed by atoms with Gasteiger partial charge in [0.1, 0.15) is 5.82 Å². The number of aliphatic hydroxyl groups excluding tert-OH is 1. The third-order valence-electron chi connectivity index (χ3n) is 1.98. The molecule has 0 aromatic heterocycles. The van der Waals surface area contributed by atoms with Crippen LogP contribution in [0.3, 0.4) is 0 Å². The summed E-state index contributed by atoms with van der Waals surface area (Å²) in [4.78, 5) is 0. The lowest BCUT2D eigenvalue weighted by Crippen LogP contribution is -1.99. The first-order valence-corrected chi connectivity index (χ1v) is 4.61. The lowest BCUT2D eigenvalue weighted by Gasteiger charge is -2.03. The number of hydrogen-bond acceptors (Lipinski definition) is 1. The molecule has 0 aliphatic heterocycles. The molecule has 0 saturated carbocycles. The molecule has 0 bridgehead atoms. The van der Waals surface area contributed by atoms with Crippen LogP contribution in [0, 0.1) is 5.82 Å². The first-order valence-electron chi connectivity index (χ1n) is 4.61. The highest BCUT2D eigenvalue weighted by atomic mass is 19.1. The molecule has 0 spiro atoms. The maximum atomic E-state index is 12.7. The van der Waals surface area contributed by atoms with Gasteiger partial charge >= 0.3 is 0 Å². The highest BCUT2D eigenvalue weighted by Crippen LogP contribution is 2.08. The van der Waals surface area contributed by atoms with Gasteiger partial charge in [-0.15, -0.1) is 0 Å². The van der Waals surface area contributed by atoms with Gasteiger partial charge in [0.2, 0.25) is 0 Å². The summed E-state index contributed by atoms with van der Waals surface area (Å²) in [6.45, 7) is 1.77. The summed E-state index contributed by atoms with van der Waals surface area (Å²) in [5.41, 5.74) is 1.00. The van der Waals surface area contributed by atoms with E-state index < -0.39 is 0 Å². The van der Waals surface area contributed by atoms with Gasteiger partial charge in [-0.1, -0.05) is 12.1 Å². The summed E-state index contributed by atoms with van der Waals surface area (Å²) < 4.78 is 12.7. The smallest absolute Gasteiger partial charge is 0.123 e. The third kappa shape index (κ3) is 4.04. The quantitative estimate of drug-likeness (QED) is 0.758. The molecule has 0 radical (unpaired) electrons. The summed E-state index contributed by atoms with van der Waals surface area (Å²) in [5, 5.41) is 9.01. The number of rotatable bonds is 4. The van der Waals surface area contributed by atoms with Crippen LogP contribution in [-0.4, -0.2) is 11.2 Å². The van der Waals surface area contributed by atoms with E-state index in [2.05, 4.69) is 0 Å². The van der Waals surface area contributed by atoms with E-state index in [-0.39, 0.29) is 11.9 Å². The predicted molar refractivity (Wildman–Crippen MR) is 51.0 cm³/mol. The van der Waals surface area contributed by atoms with Crippen LogP contribution in [0.25, 0.3) is 0 Å². The fourth-order valence-corrected chi connectivity index (χ4v) is 1.29. The fourth-order valence-electron chi connectivity index (χ4n) is 1.29. The number of aryl methyl sites for hydroxylation is 1. The van der Waals surface area contributed by atoms with Crippen LogP contribution in [0.4, 0.5) is 4.39 Å². The van der Waals surface area contributed by atoms with Crippen molar-refractivity contribution in [2.24, 2.45) is 0 Å². The molecule has 0 heterocycles. The largest absolute Gasteiger partial charge is 0.393 e. The predicted octanol–water partition coefficient (Wildman–Crippen LogP) is 2.53. The molecule has 0 aliphatic carbocycles. The van der Waals surface area contributed by atoms with Crippen LogP contribution in [0.5, 0.6) is 0 Å². The van der Waals surface area contributed by atoms with Gasteiger partial charge in [-0.25, -0.2) is 4.39 Å². The molecule has 1 unspecified atom stereocenters. The van der Waals surface area contributed by atoms with E-state index in [4.69, 9.17) is 5.11 Å². The monoisotopic (exact) mass is 182 g/mol. The Morgan fingerprint density at radius 3 is 2.85 bits per heavy atom. The molecule has 0 saturated heterocycles. The maximum absolute atomic E-state index is 12.7. The number of hydrogen-bond donors (Lipinski definition) is 1. The zero-order valence-corrected chi connectivity index (χ0v) is 7.83. The molecule has 1 atom stereocenters. The van der Waals surface area contributed by atoms with Crippen molar-refractivity contribution >= 4 is 0 Å². The van der Waals surface area contributed by atoms with Gasteiger partial charge in [0.15, 0.2) is 0 Å². The minimum absolute atomic E-state index is 0.186. The molecular formula is C11H15FO.